The van der Waals surface area contributed by atoms with Gasteiger partial charge in [0, 0.05) is 44.8 Å². The number of aromatic amines is 1. The largest absolute Gasteiger partial charge is 0.478 e. The number of aryl methyl sites for hydroxylation is 1. The first-order chi connectivity index (χ1) is 16.0. The van der Waals surface area contributed by atoms with Crippen molar-refractivity contribution in [3.63, 3.8) is 0 Å². The van der Waals surface area contributed by atoms with E-state index >= 15 is 0 Å². The van der Waals surface area contributed by atoms with Crippen molar-refractivity contribution in [2.75, 3.05) is 11.9 Å². The lowest BCUT2D eigenvalue weighted by Gasteiger charge is -2.08. The number of fused-ring (bicyclic) bond motifs is 1. The minimum atomic E-state index is -1.05. The van der Waals surface area contributed by atoms with Gasteiger partial charge in [0.15, 0.2) is 0 Å². The maximum Gasteiger partial charge on any atom is 0.328 e. The van der Waals surface area contributed by atoms with E-state index in [0.29, 0.717) is 21.1 Å². The molecule has 0 bridgehead atoms. The second kappa shape index (κ2) is 14.1. The molecule has 3 aromatic rings. The van der Waals surface area contributed by atoms with Crippen molar-refractivity contribution in [1.29, 1.82) is 0 Å². The minimum Gasteiger partial charge on any atom is -0.478 e. The lowest BCUT2D eigenvalue weighted by molar-refractivity contribution is -0.132. The van der Waals surface area contributed by atoms with Gasteiger partial charge in [-0.05, 0) is 74.7 Å². The third-order valence-electron chi connectivity index (χ3n) is 4.00. The fourth-order valence-corrected chi connectivity index (χ4v) is 3.95. The molecule has 0 aliphatic carbocycles. The zero-order valence-electron chi connectivity index (χ0n) is 18.0. The van der Waals surface area contributed by atoms with Crippen LogP contribution in [-0.4, -0.2) is 33.7 Å². The second-order valence-electron chi connectivity index (χ2n) is 6.52. The van der Waals surface area contributed by atoms with Gasteiger partial charge in [-0.15, -0.1) is 6.58 Å². The molecule has 0 aliphatic rings. The predicted molar refractivity (Wildman–Crippen MR) is 138 cm³/mol. The van der Waals surface area contributed by atoms with Gasteiger partial charge in [0.1, 0.15) is 11.6 Å². The van der Waals surface area contributed by atoms with Crippen LogP contribution in [0.5, 0.6) is 0 Å². The molecular weight excluding hydrogens is 578 g/mol. The fourth-order valence-electron chi connectivity index (χ4n) is 2.54. The average molecular weight is 600 g/mol. The summed E-state index contributed by atoms with van der Waals surface area (Å²) in [5, 5.41) is 20.0. The quantitative estimate of drug-likeness (QED) is 0.182. The SMILES string of the molecule is C=CC(=O)O.C=CCNc1c(Br)cc(F)cc1Br.Cc1c[nH]c2c(/C=C/C(=O)O)cc(F)cc12. The van der Waals surface area contributed by atoms with E-state index in [-0.39, 0.29) is 11.6 Å². The average Bonchev–Trinajstić information content (AvgIpc) is 3.13. The number of H-pyrrole nitrogens is 1. The van der Waals surface area contributed by atoms with Crippen LogP contribution in [0.25, 0.3) is 17.0 Å². The first kappa shape index (κ1) is 28.8. The Morgan fingerprint density at radius 3 is 2.12 bits per heavy atom. The van der Waals surface area contributed by atoms with Gasteiger partial charge in [0.2, 0.25) is 0 Å². The van der Waals surface area contributed by atoms with Crippen molar-refractivity contribution in [2.24, 2.45) is 0 Å². The highest BCUT2D eigenvalue weighted by molar-refractivity contribution is 9.11. The van der Waals surface area contributed by atoms with Crippen LogP contribution in [0, 0.1) is 18.6 Å². The Bertz CT molecular complexity index is 1200. The lowest BCUT2D eigenvalue weighted by Crippen LogP contribution is -1.99. The molecule has 1 heterocycles. The molecule has 0 atom stereocenters. The topological polar surface area (TPSA) is 102 Å². The molecule has 0 saturated heterocycles. The molecule has 3 rings (SSSR count). The van der Waals surface area contributed by atoms with Gasteiger partial charge in [0.25, 0.3) is 0 Å². The molecule has 1 aromatic heterocycles. The van der Waals surface area contributed by atoms with Crippen LogP contribution < -0.4 is 5.32 Å². The summed E-state index contributed by atoms with van der Waals surface area (Å²) < 4.78 is 27.5. The van der Waals surface area contributed by atoms with E-state index in [9.17, 15) is 18.4 Å². The highest BCUT2D eigenvalue weighted by Gasteiger charge is 2.07. The first-order valence-electron chi connectivity index (χ1n) is 9.53. The zero-order chi connectivity index (χ0) is 25.8. The van der Waals surface area contributed by atoms with Crippen LogP contribution in [-0.2, 0) is 9.59 Å². The summed E-state index contributed by atoms with van der Waals surface area (Å²) in [5.74, 6) is -2.69. The molecule has 34 heavy (non-hydrogen) atoms. The molecule has 4 N–H and O–H groups in total. The number of carbonyl (C=O) groups is 2. The molecule has 10 heteroatoms. The highest BCUT2D eigenvalue weighted by Crippen LogP contribution is 2.31. The molecule has 0 amide bonds. The van der Waals surface area contributed by atoms with Crippen LogP contribution in [0.15, 0.2) is 70.8 Å². The van der Waals surface area contributed by atoms with Crippen molar-refractivity contribution in [2.45, 2.75) is 6.92 Å². The van der Waals surface area contributed by atoms with Crippen molar-refractivity contribution in [3.05, 3.63) is 93.6 Å². The molecule has 0 fully saturated rings. The van der Waals surface area contributed by atoms with Gasteiger partial charge in [-0.1, -0.05) is 12.7 Å². The van der Waals surface area contributed by atoms with E-state index in [1.807, 2.05) is 6.92 Å². The Balaban J connectivity index is 0.000000289. The van der Waals surface area contributed by atoms with Crippen LogP contribution in [0.3, 0.4) is 0 Å². The molecule has 6 nitrogen and oxygen atoms in total. The van der Waals surface area contributed by atoms with Crippen LogP contribution in [0.2, 0.25) is 0 Å². The summed E-state index contributed by atoms with van der Waals surface area (Å²) in [5.41, 5.74) is 3.04. The standard InChI is InChI=1S/C12H10FNO2.C9H8Br2FN.C3H4O2/c1-7-6-14-12-8(2-3-11(15)16)4-9(13)5-10(7)12;1-2-3-13-9-7(10)4-6(12)5-8(9)11;1-2-3(4)5/h2-6,14H,1H3,(H,15,16);2,4-5,13H,1,3H2;2H,1H2,(H,4,5)/b3-2+;;. The number of aromatic nitrogens is 1. The number of carboxylic acid groups (broad SMARTS) is 2. The monoisotopic (exact) mass is 598 g/mol. The number of halogens is 4. The van der Waals surface area contributed by atoms with Crippen LogP contribution in [0.1, 0.15) is 11.1 Å². The number of carboxylic acids is 2. The molecule has 0 spiro atoms. The van der Waals surface area contributed by atoms with Crippen molar-refractivity contribution >= 4 is 66.5 Å². The maximum absolute atomic E-state index is 13.3. The van der Waals surface area contributed by atoms with E-state index < -0.39 is 11.9 Å². The Labute approximate surface area is 211 Å². The third-order valence-corrected chi connectivity index (χ3v) is 5.25. The number of hydrogen-bond acceptors (Lipinski definition) is 3. The van der Waals surface area contributed by atoms with Gasteiger partial charge in [-0.2, -0.15) is 0 Å². The fraction of sp³-hybridized carbons (Fsp3) is 0.0833. The van der Waals surface area contributed by atoms with Crippen LogP contribution >= 0.6 is 31.9 Å². The summed E-state index contributed by atoms with van der Waals surface area (Å²) in [6.07, 6.45) is 6.71. The zero-order valence-corrected chi connectivity index (χ0v) is 21.2. The highest BCUT2D eigenvalue weighted by atomic mass is 79.9. The van der Waals surface area contributed by atoms with E-state index in [1.165, 1.54) is 30.3 Å². The lowest BCUT2D eigenvalue weighted by atomic mass is 10.1. The first-order valence-corrected chi connectivity index (χ1v) is 11.1. The van der Waals surface area contributed by atoms with E-state index in [2.05, 4.69) is 55.3 Å². The van der Waals surface area contributed by atoms with Gasteiger partial charge in [-0.3, -0.25) is 0 Å². The maximum atomic E-state index is 13.3. The number of aliphatic carboxylic acids is 2. The van der Waals surface area contributed by atoms with Gasteiger partial charge in [-0.25, -0.2) is 18.4 Å². The molecular formula is C24H22Br2F2N2O4. The molecule has 0 radical (unpaired) electrons. The number of nitrogens with one attached hydrogen (secondary N) is 2. The summed E-state index contributed by atoms with van der Waals surface area (Å²) in [6.45, 7) is 9.05. The molecule has 0 aliphatic heterocycles. The number of hydrogen-bond donors (Lipinski definition) is 4. The van der Waals surface area contributed by atoms with E-state index in [0.717, 1.165) is 34.3 Å². The second-order valence-corrected chi connectivity index (χ2v) is 8.23. The molecule has 0 unspecified atom stereocenters. The van der Waals surface area contributed by atoms with Gasteiger partial charge < -0.3 is 20.5 Å². The van der Waals surface area contributed by atoms with Gasteiger partial charge in [0.05, 0.1) is 11.2 Å². The Kier molecular flexibility index (Phi) is 12.0. The van der Waals surface area contributed by atoms with Crippen molar-refractivity contribution < 1.29 is 28.6 Å². The normalized spacial score (nSPS) is 10.0. The predicted octanol–water partition coefficient (Wildman–Crippen LogP) is 6.92. The number of anilines is 1. The number of rotatable bonds is 6. The van der Waals surface area contributed by atoms with E-state index in [4.69, 9.17) is 10.2 Å². The van der Waals surface area contributed by atoms with Crippen molar-refractivity contribution in [1.82, 2.24) is 4.98 Å². The Morgan fingerprint density at radius 2 is 1.62 bits per heavy atom. The van der Waals surface area contributed by atoms with Crippen molar-refractivity contribution in [3.8, 4) is 0 Å². The number of benzene rings is 2. The summed E-state index contributed by atoms with van der Waals surface area (Å²) in [6, 6.07) is 5.56. The molecule has 0 saturated carbocycles. The minimum absolute atomic E-state index is 0.275. The molecule has 2 aromatic carbocycles. The van der Waals surface area contributed by atoms with Gasteiger partial charge >= 0.3 is 11.9 Å². The summed E-state index contributed by atoms with van der Waals surface area (Å²) >= 11 is 6.52. The van der Waals surface area contributed by atoms with Crippen LogP contribution in [0.4, 0.5) is 14.5 Å². The van der Waals surface area contributed by atoms with E-state index in [1.54, 1.807) is 12.3 Å². The third kappa shape index (κ3) is 9.32. The Hall–Kier alpha value is -3.24. The summed E-state index contributed by atoms with van der Waals surface area (Å²) in [4.78, 5) is 22.7. The Morgan fingerprint density at radius 1 is 1.06 bits per heavy atom. The smallest absolute Gasteiger partial charge is 0.328 e. The summed E-state index contributed by atoms with van der Waals surface area (Å²) in [7, 11) is 0. The molecule has 180 valence electrons.